The van der Waals surface area contributed by atoms with E-state index in [4.69, 9.17) is 9.47 Å². The molecule has 102 valence electrons. The summed E-state index contributed by atoms with van der Waals surface area (Å²) in [6, 6.07) is 7.84. The molecule has 5 nitrogen and oxygen atoms in total. The van der Waals surface area contributed by atoms with Gasteiger partial charge in [-0.05, 0) is 23.8 Å². The number of hydrogen-bond acceptors (Lipinski definition) is 4. The molecule has 0 saturated carbocycles. The van der Waals surface area contributed by atoms with Gasteiger partial charge in [0.2, 0.25) is 0 Å². The van der Waals surface area contributed by atoms with E-state index in [2.05, 4.69) is 10.1 Å². The first-order chi connectivity index (χ1) is 9.81. The summed E-state index contributed by atoms with van der Waals surface area (Å²) in [6.07, 6.45) is 5.40. The predicted molar refractivity (Wildman–Crippen MR) is 76.2 cm³/mol. The van der Waals surface area contributed by atoms with E-state index >= 15 is 0 Å². The molecule has 1 aromatic carbocycles. The number of benzene rings is 1. The van der Waals surface area contributed by atoms with Crippen LogP contribution in [0.25, 0.3) is 10.9 Å². The van der Waals surface area contributed by atoms with E-state index in [0.717, 1.165) is 16.5 Å². The maximum atomic E-state index is 5.34. The van der Waals surface area contributed by atoms with Gasteiger partial charge in [-0.2, -0.15) is 5.10 Å². The summed E-state index contributed by atoms with van der Waals surface area (Å²) >= 11 is 0. The van der Waals surface area contributed by atoms with Crippen molar-refractivity contribution in [3.8, 4) is 11.5 Å². The van der Waals surface area contributed by atoms with Crippen molar-refractivity contribution < 1.29 is 9.47 Å². The van der Waals surface area contributed by atoms with Gasteiger partial charge in [0.15, 0.2) is 11.5 Å². The highest BCUT2D eigenvalue weighted by Gasteiger charge is 2.10. The zero-order valence-corrected chi connectivity index (χ0v) is 11.4. The summed E-state index contributed by atoms with van der Waals surface area (Å²) in [5.74, 6) is 1.42. The van der Waals surface area contributed by atoms with E-state index in [1.54, 1.807) is 26.6 Å². The van der Waals surface area contributed by atoms with Crippen molar-refractivity contribution in [1.29, 1.82) is 0 Å². The van der Waals surface area contributed by atoms with E-state index in [9.17, 15) is 0 Å². The standard InChI is InChI=1S/C15H15N3O2/c1-19-14-7-12-9-17-18(13(12)8-15(14)20-2)10-11-3-5-16-6-4-11/h3-9H,10H2,1-2H3. The Bertz CT molecular complexity index is 723. The highest BCUT2D eigenvalue weighted by atomic mass is 16.5. The van der Waals surface area contributed by atoms with Crippen molar-refractivity contribution in [2.45, 2.75) is 6.54 Å². The Morgan fingerprint density at radius 1 is 1.05 bits per heavy atom. The molecule has 0 radical (unpaired) electrons. The highest BCUT2D eigenvalue weighted by Crippen LogP contribution is 2.32. The first-order valence-electron chi connectivity index (χ1n) is 6.28. The van der Waals surface area contributed by atoms with Crippen LogP contribution in [0, 0.1) is 0 Å². The van der Waals surface area contributed by atoms with Crippen LogP contribution >= 0.6 is 0 Å². The summed E-state index contributed by atoms with van der Waals surface area (Å²) in [6.45, 7) is 0.696. The molecule has 0 aliphatic rings. The normalized spacial score (nSPS) is 10.7. The average Bonchev–Trinajstić information content (AvgIpc) is 2.89. The number of aromatic nitrogens is 3. The molecule has 0 aliphatic heterocycles. The molecule has 0 spiro atoms. The lowest BCUT2D eigenvalue weighted by Gasteiger charge is -2.09. The molecule has 0 unspecified atom stereocenters. The summed E-state index contributed by atoms with van der Waals surface area (Å²) in [7, 11) is 3.26. The van der Waals surface area contributed by atoms with Crippen LogP contribution in [0.2, 0.25) is 0 Å². The number of methoxy groups -OCH3 is 2. The van der Waals surface area contributed by atoms with Crippen LogP contribution in [0.1, 0.15) is 5.56 Å². The number of fused-ring (bicyclic) bond motifs is 1. The average molecular weight is 269 g/mol. The lowest BCUT2D eigenvalue weighted by molar-refractivity contribution is 0.355. The maximum Gasteiger partial charge on any atom is 0.162 e. The predicted octanol–water partition coefficient (Wildman–Crippen LogP) is 2.50. The fourth-order valence-corrected chi connectivity index (χ4v) is 2.19. The van der Waals surface area contributed by atoms with Gasteiger partial charge in [0, 0.05) is 23.8 Å². The molecule has 2 aromatic heterocycles. The van der Waals surface area contributed by atoms with Gasteiger partial charge >= 0.3 is 0 Å². The monoisotopic (exact) mass is 269 g/mol. The first-order valence-corrected chi connectivity index (χ1v) is 6.28. The van der Waals surface area contributed by atoms with E-state index < -0.39 is 0 Å². The van der Waals surface area contributed by atoms with Crippen LogP contribution in [-0.4, -0.2) is 29.0 Å². The Hall–Kier alpha value is -2.56. The second-order valence-electron chi connectivity index (χ2n) is 4.42. The molecular formula is C15H15N3O2. The van der Waals surface area contributed by atoms with Gasteiger partial charge in [-0.15, -0.1) is 0 Å². The molecule has 0 aliphatic carbocycles. The molecule has 3 rings (SSSR count). The minimum Gasteiger partial charge on any atom is -0.493 e. The molecule has 20 heavy (non-hydrogen) atoms. The van der Waals surface area contributed by atoms with Crippen molar-refractivity contribution in [3.05, 3.63) is 48.4 Å². The molecule has 0 saturated heterocycles. The van der Waals surface area contributed by atoms with Crippen LogP contribution in [0.15, 0.2) is 42.9 Å². The molecule has 0 fully saturated rings. The van der Waals surface area contributed by atoms with Gasteiger partial charge in [-0.25, -0.2) is 0 Å². The quantitative estimate of drug-likeness (QED) is 0.730. The third kappa shape index (κ3) is 2.18. The van der Waals surface area contributed by atoms with Crippen molar-refractivity contribution >= 4 is 10.9 Å². The zero-order valence-electron chi connectivity index (χ0n) is 11.4. The minimum absolute atomic E-state index is 0.696. The van der Waals surface area contributed by atoms with Gasteiger partial charge in [0.1, 0.15) is 0 Å². The van der Waals surface area contributed by atoms with Gasteiger partial charge in [-0.1, -0.05) is 0 Å². The molecule has 0 N–H and O–H groups in total. The van der Waals surface area contributed by atoms with Crippen LogP contribution < -0.4 is 9.47 Å². The van der Waals surface area contributed by atoms with E-state index in [1.807, 2.05) is 35.1 Å². The third-order valence-corrected chi connectivity index (χ3v) is 3.23. The Morgan fingerprint density at radius 3 is 2.45 bits per heavy atom. The van der Waals surface area contributed by atoms with E-state index in [0.29, 0.717) is 18.0 Å². The van der Waals surface area contributed by atoms with Crippen LogP contribution in [0.5, 0.6) is 11.5 Å². The zero-order chi connectivity index (χ0) is 13.9. The van der Waals surface area contributed by atoms with Crippen molar-refractivity contribution in [2.75, 3.05) is 14.2 Å². The van der Waals surface area contributed by atoms with Gasteiger partial charge in [-0.3, -0.25) is 9.67 Å². The lowest BCUT2D eigenvalue weighted by atomic mass is 10.2. The summed E-state index contributed by atoms with van der Waals surface area (Å²) in [5, 5.41) is 5.45. The number of ether oxygens (including phenoxy) is 2. The number of hydrogen-bond donors (Lipinski definition) is 0. The summed E-state index contributed by atoms with van der Waals surface area (Å²) in [4.78, 5) is 4.02. The lowest BCUT2D eigenvalue weighted by Crippen LogP contribution is -2.01. The Labute approximate surface area is 116 Å². The Kier molecular flexibility index (Phi) is 3.25. The molecule has 0 atom stereocenters. The largest absolute Gasteiger partial charge is 0.493 e. The van der Waals surface area contributed by atoms with Crippen LogP contribution in [-0.2, 0) is 6.54 Å². The topological polar surface area (TPSA) is 49.2 Å². The van der Waals surface area contributed by atoms with Crippen molar-refractivity contribution in [2.24, 2.45) is 0 Å². The second kappa shape index (κ2) is 5.21. The molecule has 5 heteroatoms. The molecular weight excluding hydrogens is 254 g/mol. The van der Waals surface area contributed by atoms with E-state index in [1.165, 1.54) is 0 Å². The number of nitrogens with zero attached hydrogens (tertiary/aromatic N) is 3. The molecule has 0 amide bonds. The number of pyridine rings is 1. The first kappa shape index (κ1) is 12.5. The van der Waals surface area contributed by atoms with Gasteiger partial charge in [0.25, 0.3) is 0 Å². The summed E-state index contributed by atoms with van der Waals surface area (Å²) < 4.78 is 12.6. The smallest absolute Gasteiger partial charge is 0.162 e. The minimum atomic E-state index is 0.696. The maximum absolute atomic E-state index is 5.34. The van der Waals surface area contributed by atoms with Crippen LogP contribution in [0.4, 0.5) is 0 Å². The number of rotatable bonds is 4. The molecule has 3 aromatic rings. The van der Waals surface area contributed by atoms with Crippen LogP contribution in [0.3, 0.4) is 0 Å². The molecule has 0 bridgehead atoms. The third-order valence-electron chi connectivity index (χ3n) is 3.23. The molecule has 2 heterocycles. The fourth-order valence-electron chi connectivity index (χ4n) is 2.19. The van der Waals surface area contributed by atoms with Crippen molar-refractivity contribution in [1.82, 2.24) is 14.8 Å². The summed E-state index contributed by atoms with van der Waals surface area (Å²) in [5.41, 5.74) is 2.17. The Morgan fingerprint density at radius 2 is 1.75 bits per heavy atom. The van der Waals surface area contributed by atoms with E-state index in [-0.39, 0.29) is 0 Å². The highest BCUT2D eigenvalue weighted by molar-refractivity contribution is 5.82. The Balaban J connectivity index is 2.04. The van der Waals surface area contributed by atoms with Gasteiger partial charge in [0.05, 0.1) is 32.5 Å². The second-order valence-corrected chi connectivity index (χ2v) is 4.42. The van der Waals surface area contributed by atoms with Gasteiger partial charge < -0.3 is 9.47 Å². The van der Waals surface area contributed by atoms with Crippen molar-refractivity contribution in [3.63, 3.8) is 0 Å². The fraction of sp³-hybridized carbons (Fsp3) is 0.200. The SMILES string of the molecule is COc1cc2cnn(Cc3ccncc3)c2cc1OC.